The van der Waals surface area contributed by atoms with Gasteiger partial charge in [-0.15, -0.1) is 0 Å². The molecule has 1 fully saturated rings. The number of pyridine rings is 2. The minimum absolute atomic E-state index is 0.00859. The van der Waals surface area contributed by atoms with Crippen molar-refractivity contribution in [3.8, 4) is 0 Å². The van der Waals surface area contributed by atoms with Gasteiger partial charge in [-0.3, -0.25) is 9.78 Å². The van der Waals surface area contributed by atoms with Gasteiger partial charge in [0.25, 0.3) is 5.91 Å². The molecule has 5 rings (SSSR count). The molecule has 0 spiro atoms. The minimum atomic E-state index is -0.295. The van der Waals surface area contributed by atoms with Gasteiger partial charge in [0, 0.05) is 48.3 Å². The van der Waals surface area contributed by atoms with Crippen LogP contribution in [0.15, 0.2) is 60.8 Å². The lowest BCUT2D eigenvalue weighted by atomic mass is 9.93. The van der Waals surface area contributed by atoms with E-state index in [2.05, 4.69) is 21.4 Å². The van der Waals surface area contributed by atoms with Crippen molar-refractivity contribution < 1.29 is 9.18 Å². The van der Waals surface area contributed by atoms with Crippen LogP contribution in [-0.4, -0.2) is 38.4 Å². The summed E-state index contributed by atoms with van der Waals surface area (Å²) in [6, 6.07) is 16.3. The predicted octanol–water partition coefficient (Wildman–Crippen LogP) is 5.18. The van der Waals surface area contributed by atoms with E-state index in [0.717, 1.165) is 46.6 Å². The highest BCUT2D eigenvalue weighted by Gasteiger charge is 2.27. The molecule has 0 atom stereocenters. The number of carbonyl (C=O) groups excluding carboxylic acids is 1. The van der Waals surface area contributed by atoms with Crippen LogP contribution >= 0.6 is 0 Å². The predicted molar refractivity (Wildman–Crippen MR) is 127 cm³/mol. The summed E-state index contributed by atoms with van der Waals surface area (Å²) in [5.74, 6) is 0.816. The van der Waals surface area contributed by atoms with Gasteiger partial charge in [-0.25, -0.2) is 9.37 Å². The number of piperidine rings is 1. The molecule has 0 bridgehead atoms. The summed E-state index contributed by atoms with van der Waals surface area (Å²) in [7, 11) is 1.85. The van der Waals surface area contributed by atoms with Crippen LogP contribution in [0.25, 0.3) is 10.9 Å². The average molecular weight is 444 g/mol. The number of carbonyl (C=O) groups is 1. The molecule has 0 radical (unpaired) electrons. The fraction of sp³-hybridized carbons (Fsp3) is 0.269. The van der Waals surface area contributed by atoms with E-state index >= 15 is 0 Å². The number of aromatic nitrogens is 3. The van der Waals surface area contributed by atoms with Crippen molar-refractivity contribution >= 4 is 28.3 Å². The number of hydrogen-bond acceptors (Lipinski definition) is 4. The van der Waals surface area contributed by atoms with E-state index in [1.165, 1.54) is 12.1 Å². The maximum atomic E-state index is 13.6. The number of nitrogens with zero attached hydrogens (tertiary/aromatic N) is 4. The molecule has 1 aliphatic rings. The van der Waals surface area contributed by atoms with Crippen molar-refractivity contribution in [3.63, 3.8) is 0 Å². The van der Waals surface area contributed by atoms with E-state index in [9.17, 15) is 9.18 Å². The van der Waals surface area contributed by atoms with Crippen LogP contribution in [0.2, 0.25) is 0 Å². The molecule has 1 amide bonds. The van der Waals surface area contributed by atoms with Gasteiger partial charge < -0.3 is 14.8 Å². The smallest absolute Gasteiger partial charge is 0.270 e. The highest BCUT2D eigenvalue weighted by molar-refractivity contribution is 5.98. The zero-order valence-corrected chi connectivity index (χ0v) is 18.8. The molecule has 0 aliphatic carbocycles. The topological polar surface area (TPSA) is 63.1 Å². The van der Waals surface area contributed by atoms with E-state index in [4.69, 9.17) is 0 Å². The first kappa shape index (κ1) is 21.1. The number of amides is 1. The molecular weight excluding hydrogens is 417 g/mol. The number of hydrogen-bond donors (Lipinski definition) is 1. The van der Waals surface area contributed by atoms with E-state index in [-0.39, 0.29) is 11.7 Å². The number of aryl methyl sites for hydroxylation is 2. The Hall–Kier alpha value is -3.74. The second-order valence-electron chi connectivity index (χ2n) is 8.62. The normalized spacial score (nSPS) is 14.6. The third kappa shape index (κ3) is 4.31. The molecular formula is C26H26FN5O. The lowest BCUT2D eigenvalue weighted by Crippen LogP contribution is -2.38. The Kier molecular flexibility index (Phi) is 5.54. The number of nitrogens with one attached hydrogen (secondary N) is 1. The van der Waals surface area contributed by atoms with Gasteiger partial charge in [-0.2, -0.15) is 0 Å². The monoisotopic (exact) mass is 443 g/mol. The molecule has 4 heterocycles. The van der Waals surface area contributed by atoms with Crippen LogP contribution in [0.1, 0.15) is 40.6 Å². The standard InChI is InChI=1S/C26H26FN5O/c1-17-4-3-5-25(29-17)30-21-7-8-22(28-16-21)18-10-12-32(13-11-18)26(33)24-15-19-14-20(27)6-9-23(19)31(24)2/h3-9,14-16,18H,10-13H2,1-2H3,(H,29,30). The molecule has 33 heavy (non-hydrogen) atoms. The van der Waals surface area contributed by atoms with Crippen LogP contribution in [0.3, 0.4) is 0 Å². The zero-order chi connectivity index (χ0) is 22.9. The average Bonchev–Trinajstić information content (AvgIpc) is 3.14. The summed E-state index contributed by atoms with van der Waals surface area (Å²) in [6.07, 6.45) is 3.57. The van der Waals surface area contributed by atoms with Crippen LogP contribution < -0.4 is 5.32 Å². The van der Waals surface area contributed by atoms with Gasteiger partial charge in [-0.1, -0.05) is 6.07 Å². The zero-order valence-electron chi connectivity index (χ0n) is 18.8. The first-order chi connectivity index (χ1) is 16.0. The van der Waals surface area contributed by atoms with Crippen molar-refractivity contribution in [1.29, 1.82) is 0 Å². The highest BCUT2D eigenvalue weighted by Crippen LogP contribution is 2.29. The summed E-state index contributed by atoms with van der Waals surface area (Å²) in [4.78, 5) is 24.2. The van der Waals surface area contributed by atoms with E-state index in [1.54, 1.807) is 12.1 Å². The summed E-state index contributed by atoms with van der Waals surface area (Å²) < 4.78 is 15.4. The molecule has 168 valence electrons. The van der Waals surface area contributed by atoms with Crippen molar-refractivity contribution in [2.75, 3.05) is 18.4 Å². The Morgan fingerprint density at radius 3 is 2.64 bits per heavy atom. The summed E-state index contributed by atoms with van der Waals surface area (Å²) in [5, 5.41) is 4.03. The summed E-state index contributed by atoms with van der Waals surface area (Å²) in [6.45, 7) is 3.31. The fourth-order valence-electron chi connectivity index (χ4n) is 4.55. The number of rotatable bonds is 4. The largest absolute Gasteiger partial charge is 0.340 e. The molecule has 0 saturated carbocycles. The molecule has 1 N–H and O–H groups in total. The quantitative estimate of drug-likeness (QED) is 0.472. The number of halogens is 1. The summed E-state index contributed by atoms with van der Waals surface area (Å²) in [5.41, 5.74) is 4.35. The van der Waals surface area contributed by atoms with E-state index < -0.39 is 0 Å². The maximum Gasteiger partial charge on any atom is 0.270 e. The third-order valence-electron chi connectivity index (χ3n) is 6.37. The van der Waals surface area contributed by atoms with Crippen LogP contribution in [0.4, 0.5) is 15.9 Å². The Balaban J connectivity index is 1.23. The Morgan fingerprint density at radius 1 is 1.09 bits per heavy atom. The third-order valence-corrected chi connectivity index (χ3v) is 6.37. The second-order valence-corrected chi connectivity index (χ2v) is 8.62. The molecule has 6 nitrogen and oxygen atoms in total. The molecule has 4 aromatic rings. The first-order valence-corrected chi connectivity index (χ1v) is 11.2. The molecule has 7 heteroatoms. The van der Waals surface area contributed by atoms with E-state index in [1.807, 2.05) is 53.9 Å². The SMILES string of the molecule is Cc1cccc(Nc2ccc(C3CCN(C(=O)c4cc5cc(F)ccc5n4C)CC3)nc2)n1. The molecule has 1 aliphatic heterocycles. The second kappa shape index (κ2) is 8.65. The number of fused-ring (bicyclic) bond motifs is 1. The number of benzene rings is 1. The first-order valence-electron chi connectivity index (χ1n) is 11.2. The molecule has 1 saturated heterocycles. The van der Waals surface area contributed by atoms with Crippen molar-refractivity contribution in [3.05, 3.63) is 83.7 Å². The minimum Gasteiger partial charge on any atom is -0.340 e. The van der Waals surface area contributed by atoms with Gasteiger partial charge in [0.2, 0.25) is 0 Å². The molecule has 1 aromatic carbocycles. The van der Waals surface area contributed by atoms with E-state index in [0.29, 0.717) is 24.7 Å². The van der Waals surface area contributed by atoms with Crippen molar-refractivity contribution in [2.24, 2.45) is 7.05 Å². The van der Waals surface area contributed by atoms with Gasteiger partial charge in [-0.05, 0) is 68.3 Å². The van der Waals surface area contributed by atoms with Gasteiger partial charge in [0.05, 0.1) is 11.9 Å². The highest BCUT2D eigenvalue weighted by atomic mass is 19.1. The van der Waals surface area contributed by atoms with Crippen LogP contribution in [-0.2, 0) is 7.05 Å². The lowest BCUT2D eigenvalue weighted by molar-refractivity contribution is 0.0703. The Bertz CT molecular complexity index is 1310. The number of anilines is 2. The van der Waals surface area contributed by atoms with Crippen LogP contribution in [0, 0.1) is 12.7 Å². The van der Waals surface area contributed by atoms with Crippen LogP contribution in [0.5, 0.6) is 0 Å². The fourth-order valence-corrected chi connectivity index (χ4v) is 4.55. The molecule has 3 aromatic heterocycles. The van der Waals surface area contributed by atoms with Crippen molar-refractivity contribution in [2.45, 2.75) is 25.7 Å². The van der Waals surface area contributed by atoms with Gasteiger partial charge in [0.1, 0.15) is 17.3 Å². The summed E-state index contributed by atoms with van der Waals surface area (Å²) >= 11 is 0. The van der Waals surface area contributed by atoms with Gasteiger partial charge >= 0.3 is 0 Å². The lowest BCUT2D eigenvalue weighted by Gasteiger charge is -2.32. The Morgan fingerprint density at radius 2 is 1.91 bits per heavy atom. The Labute approximate surface area is 192 Å². The van der Waals surface area contributed by atoms with Gasteiger partial charge in [0.15, 0.2) is 0 Å². The molecule has 0 unspecified atom stereocenters. The number of likely N-dealkylation sites (tertiary alicyclic amines) is 1. The van der Waals surface area contributed by atoms with Crippen molar-refractivity contribution in [1.82, 2.24) is 19.4 Å². The maximum absolute atomic E-state index is 13.6.